The van der Waals surface area contributed by atoms with Crippen molar-refractivity contribution in [1.29, 1.82) is 5.26 Å². The third-order valence-corrected chi connectivity index (χ3v) is 14.2. The number of piperazine rings is 1. The summed E-state index contributed by atoms with van der Waals surface area (Å²) < 4.78 is 35.2. The quantitative estimate of drug-likeness (QED) is 0.205. The summed E-state index contributed by atoms with van der Waals surface area (Å²) in [6.07, 6.45) is -1.08. The number of benzene rings is 3. The maximum atomic E-state index is 14.4. The van der Waals surface area contributed by atoms with Crippen LogP contribution in [-0.4, -0.2) is 121 Å². The minimum atomic E-state index is -2.09. The number of esters is 1. The number of piperidine rings is 1. The van der Waals surface area contributed by atoms with Crippen LogP contribution < -0.4 is 9.47 Å². The molecule has 9 rings (SSSR count). The van der Waals surface area contributed by atoms with Gasteiger partial charge in [0.1, 0.15) is 12.6 Å². The predicted molar refractivity (Wildman–Crippen MR) is 216 cm³/mol. The van der Waals surface area contributed by atoms with Gasteiger partial charge in [0, 0.05) is 59.7 Å². The number of carbonyl (C=O) groups excluding carboxylic acids is 2. The number of likely N-dealkylation sites (N-methyl/N-ethyl adjacent to an activating group) is 1. The van der Waals surface area contributed by atoms with Crippen LogP contribution in [0.15, 0.2) is 77.3 Å². The number of nitrogens with zero attached hydrogens (tertiary/aromatic N) is 3. The standard InChI is InChI=1S/C45H47N3O10S/c1-23-14-25-15-31-33(17-46)48-32(38(47(31)3)36(25)41(39(23)54-5)56-21-53-4)16-45(52)37(42-40(57-22-58-42)24(2)43(45)50)34(48)18-55-44(51)35(49)20-59-19-30-28-12-8-6-10-26(28)27-11-7-9-13-29(27)30/h6-14,30-35,38,49,52H,15-16,18-22H2,1-5H3/t31-,32?,33+,34+,35?,38-,45-/m1/s1. The van der Waals surface area contributed by atoms with Gasteiger partial charge in [0.05, 0.1) is 25.3 Å². The Morgan fingerprint density at radius 2 is 1.75 bits per heavy atom. The van der Waals surface area contributed by atoms with Crippen LogP contribution in [0.5, 0.6) is 11.5 Å². The van der Waals surface area contributed by atoms with Gasteiger partial charge < -0.3 is 38.6 Å². The fourth-order valence-corrected chi connectivity index (χ4v) is 11.7. The molecule has 2 N–H and O–H groups in total. The van der Waals surface area contributed by atoms with Crippen LogP contribution in [-0.2, 0) is 35.0 Å². The molecular weight excluding hydrogens is 775 g/mol. The Morgan fingerprint density at radius 1 is 1.05 bits per heavy atom. The number of thioether (sulfide) groups is 1. The fourth-order valence-electron chi connectivity index (χ4n) is 10.6. The molecule has 0 radical (unpaired) electrons. The van der Waals surface area contributed by atoms with Crippen molar-refractivity contribution in [2.45, 2.75) is 74.5 Å². The Labute approximate surface area is 347 Å². The molecule has 308 valence electrons. The largest absolute Gasteiger partial charge is 0.493 e. The summed E-state index contributed by atoms with van der Waals surface area (Å²) in [5, 5.41) is 35.0. The lowest BCUT2D eigenvalue weighted by molar-refractivity contribution is -0.163. The maximum Gasteiger partial charge on any atom is 0.335 e. The van der Waals surface area contributed by atoms with Gasteiger partial charge in [0.25, 0.3) is 0 Å². The summed E-state index contributed by atoms with van der Waals surface area (Å²) in [6, 6.07) is 17.9. The molecule has 4 heterocycles. The normalized spacial score (nSPS) is 27.3. The Balaban J connectivity index is 1.04. The highest BCUT2D eigenvalue weighted by atomic mass is 32.2. The lowest BCUT2D eigenvalue weighted by atomic mass is 9.65. The maximum absolute atomic E-state index is 14.4. The lowest BCUT2D eigenvalue weighted by Gasteiger charge is -2.62. The molecule has 6 aliphatic rings. The molecule has 2 bridgehead atoms. The van der Waals surface area contributed by atoms with E-state index < -0.39 is 47.6 Å². The van der Waals surface area contributed by atoms with E-state index in [0.29, 0.717) is 23.7 Å². The minimum absolute atomic E-state index is 0.0511. The van der Waals surface area contributed by atoms with Gasteiger partial charge in [-0.05, 0) is 60.7 Å². The van der Waals surface area contributed by atoms with Crippen molar-refractivity contribution < 1.29 is 48.2 Å². The molecule has 3 aromatic rings. The molecule has 13 nitrogen and oxygen atoms in total. The fraction of sp³-hybridized carbons (Fsp3) is 0.444. The molecule has 14 heteroatoms. The number of Topliss-reactive ketones (excluding diaryl/α,β-unsaturated/α-hetero) is 1. The van der Waals surface area contributed by atoms with Crippen molar-refractivity contribution in [3.63, 3.8) is 0 Å². The number of aliphatic hydroxyl groups excluding tert-OH is 1. The number of carbonyl (C=O) groups is 2. The zero-order valence-electron chi connectivity index (χ0n) is 33.6. The van der Waals surface area contributed by atoms with Gasteiger partial charge in [-0.3, -0.25) is 14.6 Å². The number of hydrogen-bond acceptors (Lipinski definition) is 14. The van der Waals surface area contributed by atoms with Gasteiger partial charge in [-0.1, -0.05) is 54.6 Å². The molecule has 2 aliphatic carbocycles. The van der Waals surface area contributed by atoms with Crippen LogP contribution in [0.3, 0.4) is 0 Å². The van der Waals surface area contributed by atoms with Gasteiger partial charge in [-0.2, -0.15) is 17.0 Å². The Kier molecular flexibility index (Phi) is 10.3. The van der Waals surface area contributed by atoms with Gasteiger partial charge in [-0.25, -0.2) is 4.79 Å². The van der Waals surface area contributed by atoms with Gasteiger partial charge >= 0.3 is 5.97 Å². The number of aryl methyl sites for hydroxylation is 1. The van der Waals surface area contributed by atoms with Gasteiger partial charge in [-0.15, -0.1) is 0 Å². The third-order valence-electron chi connectivity index (χ3n) is 13.1. The van der Waals surface area contributed by atoms with Crippen molar-refractivity contribution in [2.24, 2.45) is 0 Å². The number of nitriles is 1. The summed E-state index contributed by atoms with van der Waals surface area (Å²) in [6.45, 7) is 2.94. The zero-order valence-corrected chi connectivity index (χ0v) is 34.4. The Bertz CT molecular complexity index is 2290. The molecule has 4 aliphatic heterocycles. The van der Waals surface area contributed by atoms with Crippen LogP contribution in [0, 0.1) is 18.3 Å². The van der Waals surface area contributed by atoms with Crippen molar-refractivity contribution in [3.8, 4) is 28.7 Å². The minimum Gasteiger partial charge on any atom is -0.493 e. The number of ketones is 1. The second-order valence-corrected chi connectivity index (χ2v) is 17.1. The van der Waals surface area contributed by atoms with E-state index in [9.17, 15) is 25.1 Å². The molecule has 7 atom stereocenters. The number of methoxy groups -OCH3 is 2. The third kappa shape index (κ3) is 6.08. The Hall–Kier alpha value is -4.88. The van der Waals surface area contributed by atoms with Crippen LogP contribution in [0.25, 0.3) is 11.1 Å². The SMILES string of the molecule is COCOc1c(OC)c(C)cc2c1[C@H]1C3C[C@]4(O)C(=O)C(C)=C5OCOC5=C4[C@H](COC(=O)C(O)CSCC4c5ccccc5-c5ccccc54)N3[C@@H](C#N)[C@@H](C2)N1C. The highest BCUT2D eigenvalue weighted by Gasteiger charge is 2.64. The molecule has 0 amide bonds. The highest BCUT2D eigenvalue weighted by molar-refractivity contribution is 7.99. The molecule has 3 aromatic carbocycles. The summed E-state index contributed by atoms with van der Waals surface area (Å²) in [5.41, 5.74) is 5.77. The first-order valence-electron chi connectivity index (χ1n) is 19.8. The lowest BCUT2D eigenvalue weighted by Crippen LogP contribution is -2.74. The first-order valence-corrected chi connectivity index (χ1v) is 21.0. The van der Waals surface area contributed by atoms with Crippen LogP contribution in [0.2, 0.25) is 0 Å². The van der Waals surface area contributed by atoms with Crippen LogP contribution >= 0.6 is 11.8 Å². The van der Waals surface area contributed by atoms with E-state index in [-0.39, 0.29) is 67.0 Å². The number of rotatable bonds is 11. The van der Waals surface area contributed by atoms with Gasteiger partial charge in [0.15, 0.2) is 47.3 Å². The molecule has 0 spiro atoms. The van der Waals surface area contributed by atoms with E-state index in [1.807, 2.05) is 49.2 Å². The summed E-state index contributed by atoms with van der Waals surface area (Å²) in [7, 11) is 5.05. The zero-order chi connectivity index (χ0) is 41.3. The number of ether oxygens (including phenoxy) is 6. The monoisotopic (exact) mass is 821 g/mol. The number of fused-ring (bicyclic) bond motifs is 11. The predicted octanol–water partition coefficient (Wildman–Crippen LogP) is 4.53. The van der Waals surface area contributed by atoms with E-state index in [0.717, 1.165) is 16.7 Å². The number of aliphatic hydroxyl groups is 2. The van der Waals surface area contributed by atoms with Gasteiger partial charge in [0.2, 0.25) is 6.79 Å². The highest BCUT2D eigenvalue weighted by Crippen LogP contribution is 2.57. The van der Waals surface area contributed by atoms with E-state index in [4.69, 9.17) is 28.4 Å². The van der Waals surface area contributed by atoms with E-state index >= 15 is 0 Å². The average molecular weight is 822 g/mol. The van der Waals surface area contributed by atoms with Crippen molar-refractivity contribution in [1.82, 2.24) is 9.80 Å². The van der Waals surface area contributed by atoms with E-state index in [1.54, 1.807) is 14.0 Å². The second-order valence-electron chi connectivity index (χ2n) is 16.1. The first kappa shape index (κ1) is 39.6. The summed E-state index contributed by atoms with van der Waals surface area (Å²) in [4.78, 5) is 32.2. The molecule has 2 unspecified atom stereocenters. The molecule has 0 saturated carbocycles. The van der Waals surface area contributed by atoms with Crippen LogP contribution in [0.4, 0.5) is 0 Å². The molecular formula is C45H47N3O10S. The van der Waals surface area contributed by atoms with Crippen molar-refractivity contribution >= 4 is 23.5 Å². The average Bonchev–Trinajstić information content (AvgIpc) is 3.85. The topological polar surface area (TPSA) is 160 Å². The molecule has 0 aromatic heterocycles. The molecule has 3 saturated heterocycles. The van der Waals surface area contributed by atoms with Crippen LogP contribution in [0.1, 0.15) is 53.1 Å². The summed E-state index contributed by atoms with van der Waals surface area (Å²) in [5.74, 6) is 0.904. The number of hydrogen-bond donors (Lipinski definition) is 2. The summed E-state index contributed by atoms with van der Waals surface area (Å²) >= 11 is 1.47. The van der Waals surface area contributed by atoms with E-state index in [2.05, 4.69) is 35.2 Å². The Morgan fingerprint density at radius 3 is 2.42 bits per heavy atom. The van der Waals surface area contributed by atoms with E-state index in [1.165, 1.54) is 41.1 Å². The second kappa shape index (κ2) is 15.3. The molecule has 3 fully saturated rings. The van der Waals surface area contributed by atoms with Crippen molar-refractivity contribution in [3.05, 3.63) is 105 Å². The smallest absolute Gasteiger partial charge is 0.335 e. The van der Waals surface area contributed by atoms with Crippen molar-refractivity contribution in [2.75, 3.05) is 53.0 Å². The first-order chi connectivity index (χ1) is 28.5. The molecule has 59 heavy (non-hydrogen) atoms.